The lowest BCUT2D eigenvalue weighted by atomic mass is 9.80. The summed E-state index contributed by atoms with van der Waals surface area (Å²) in [6.45, 7) is -1.57. The van der Waals surface area contributed by atoms with E-state index in [2.05, 4.69) is 0 Å². The summed E-state index contributed by atoms with van der Waals surface area (Å²) >= 11 is 0. The second-order valence-corrected chi connectivity index (χ2v) is 22.7. The third kappa shape index (κ3) is 11.6. The average Bonchev–Trinajstić information content (AvgIpc) is 2.28. The molecule has 2 heterocycles. The molecule has 0 bridgehead atoms. The van der Waals surface area contributed by atoms with Gasteiger partial charge in [-0.2, -0.15) is 8.42 Å². The first-order chi connectivity index (χ1) is 40.9. The molecule has 4 N–H and O–H groups in total. The molecule has 0 unspecified atom stereocenters. The van der Waals surface area contributed by atoms with Gasteiger partial charge in [0, 0.05) is 0 Å². The highest BCUT2D eigenvalue weighted by atomic mass is 32.2. The predicted octanol–water partition coefficient (Wildman–Crippen LogP) is 9.64. The fourth-order valence-electron chi connectivity index (χ4n) is 11.8. The van der Waals surface area contributed by atoms with Gasteiger partial charge < -0.3 is 48.8 Å². The van der Waals surface area contributed by atoms with E-state index >= 15 is 0 Å². The zero-order chi connectivity index (χ0) is 58.2. The van der Waals surface area contributed by atoms with Crippen LogP contribution in [0.15, 0.2) is 273 Å². The highest BCUT2D eigenvalue weighted by molar-refractivity contribution is 7.86. The van der Waals surface area contributed by atoms with E-state index in [1.54, 1.807) is 0 Å². The summed E-state index contributed by atoms with van der Waals surface area (Å²) in [6, 6.07) is 85.6. The van der Waals surface area contributed by atoms with Crippen LogP contribution in [-0.4, -0.2) is 110 Å². The highest BCUT2D eigenvalue weighted by Crippen LogP contribution is 2.48. The third-order valence-electron chi connectivity index (χ3n) is 15.8. The fourth-order valence-corrected chi connectivity index (χ4v) is 12.5. The highest BCUT2D eigenvalue weighted by Gasteiger charge is 2.62. The number of rotatable bonds is 22. The van der Waals surface area contributed by atoms with E-state index < -0.39 is 102 Å². The van der Waals surface area contributed by atoms with Crippen LogP contribution in [0.2, 0.25) is 0 Å². The number of aliphatic hydroxyl groups excluding tert-OH is 4. The molecule has 0 amide bonds. The van der Waals surface area contributed by atoms with Crippen LogP contribution in [0.1, 0.15) is 50.1 Å². The van der Waals surface area contributed by atoms with Gasteiger partial charge in [0.1, 0.15) is 66.1 Å². The smallest absolute Gasteiger partial charge is 0.264 e. The molecule has 11 rings (SSSR count). The molecule has 9 aromatic rings. The Labute approximate surface area is 490 Å². The first-order valence-corrected chi connectivity index (χ1v) is 29.7. The third-order valence-corrected chi connectivity index (χ3v) is 16.4. The Morgan fingerprint density at radius 3 is 0.952 bits per heavy atom. The van der Waals surface area contributed by atoms with E-state index in [0.29, 0.717) is 16.7 Å². The zero-order valence-electron chi connectivity index (χ0n) is 46.1. The van der Waals surface area contributed by atoms with Crippen molar-refractivity contribution in [3.05, 3.63) is 323 Å². The van der Waals surface area contributed by atoms with Gasteiger partial charge in [0.05, 0.1) is 19.5 Å². The molecule has 9 aromatic carbocycles. The maximum Gasteiger partial charge on any atom is 0.264 e. The summed E-state index contributed by atoms with van der Waals surface area (Å²) in [5, 5.41) is 49.4. The lowest BCUT2D eigenvalue weighted by Gasteiger charge is -2.46. The quantitative estimate of drug-likeness (QED) is 0.0373. The van der Waals surface area contributed by atoms with Crippen molar-refractivity contribution in [1.82, 2.24) is 0 Å². The minimum Gasteiger partial charge on any atom is -0.387 e. The molecule has 2 fully saturated rings. The van der Waals surface area contributed by atoms with Gasteiger partial charge in [-0.1, -0.05) is 273 Å². The Kier molecular flexibility index (Phi) is 17.6. The number of aliphatic hydroxyl groups is 4. The van der Waals surface area contributed by atoms with Crippen molar-refractivity contribution in [2.75, 3.05) is 26.1 Å². The summed E-state index contributed by atoms with van der Waals surface area (Å²) < 4.78 is 75.5. The van der Waals surface area contributed by atoms with Crippen molar-refractivity contribution in [3.63, 3.8) is 0 Å². The molecule has 430 valence electrons. The monoisotopic (exact) mass is 1150 g/mol. The number of benzene rings is 9. The standard InChI is InChI=1S/C70H66O13S/c1-84(75,76)83-64-60(48-78-69(53-35-17-5-18-36-53,54-37-19-6-20-38-54)55-39-21-7-22-40-55)81-67(65(64)74,49-79-70(56-41-23-8-24-42-56,57-43-25-9-26-44-57)58-45-27-10-28-46-58)82-66-63(73)62(72)61(71)59(80-66)47-77-68(50-29-11-2-12-30-50,51-31-13-3-14-32-51)52-33-15-4-16-34-52/h2-46,59-66,71-74H,47-49H2,1H3/t59-,60-,61-,62+,63-,64-,65+,66-,67+/m1/s1. The van der Waals surface area contributed by atoms with Crippen molar-refractivity contribution >= 4 is 10.1 Å². The molecule has 0 aliphatic carbocycles. The van der Waals surface area contributed by atoms with Gasteiger partial charge in [-0.3, -0.25) is 4.18 Å². The number of hydrogen-bond donors (Lipinski definition) is 4. The molecular weight excluding hydrogens is 1080 g/mol. The predicted molar refractivity (Wildman–Crippen MR) is 317 cm³/mol. The summed E-state index contributed by atoms with van der Waals surface area (Å²) in [6.07, 6.45) is -13.6. The van der Waals surface area contributed by atoms with Crippen LogP contribution < -0.4 is 0 Å². The Balaban J connectivity index is 1.03. The number of hydrogen-bond acceptors (Lipinski definition) is 13. The second-order valence-electron chi connectivity index (χ2n) is 21.1. The first-order valence-electron chi connectivity index (χ1n) is 27.9. The molecule has 0 radical (unpaired) electrons. The van der Waals surface area contributed by atoms with Gasteiger partial charge in [-0.05, 0) is 50.1 Å². The van der Waals surface area contributed by atoms with Crippen LogP contribution >= 0.6 is 0 Å². The summed E-state index contributed by atoms with van der Waals surface area (Å²) in [5.41, 5.74) is 2.23. The van der Waals surface area contributed by atoms with E-state index in [1.165, 1.54) is 0 Å². The van der Waals surface area contributed by atoms with Crippen molar-refractivity contribution in [2.24, 2.45) is 0 Å². The molecular formula is C70H66O13S. The molecule has 84 heavy (non-hydrogen) atoms. The van der Waals surface area contributed by atoms with Crippen LogP contribution in [0.5, 0.6) is 0 Å². The van der Waals surface area contributed by atoms with Gasteiger partial charge in [0.25, 0.3) is 10.1 Å². The number of ether oxygens (including phenoxy) is 6. The molecule has 2 aliphatic rings. The molecule has 0 saturated carbocycles. The molecule has 9 atom stereocenters. The second kappa shape index (κ2) is 25.4. The van der Waals surface area contributed by atoms with E-state index in [0.717, 1.165) is 39.6 Å². The van der Waals surface area contributed by atoms with Gasteiger partial charge in [-0.15, -0.1) is 0 Å². The molecule has 14 heteroatoms. The van der Waals surface area contributed by atoms with Gasteiger partial charge >= 0.3 is 0 Å². The zero-order valence-corrected chi connectivity index (χ0v) is 46.9. The molecule has 0 spiro atoms. The van der Waals surface area contributed by atoms with Crippen molar-refractivity contribution in [2.45, 2.75) is 71.6 Å². The Bertz CT molecular complexity index is 3310. The molecule has 0 aromatic heterocycles. The van der Waals surface area contributed by atoms with Gasteiger partial charge in [-0.25, -0.2) is 0 Å². The summed E-state index contributed by atoms with van der Waals surface area (Å²) in [5.74, 6) is -2.55. The van der Waals surface area contributed by atoms with Crippen LogP contribution in [0.25, 0.3) is 0 Å². The molecule has 2 aliphatic heterocycles. The van der Waals surface area contributed by atoms with Gasteiger partial charge in [0.2, 0.25) is 5.79 Å². The first kappa shape index (κ1) is 58.3. The molecule has 13 nitrogen and oxygen atoms in total. The topological polar surface area (TPSA) is 180 Å². The average molecular weight is 1150 g/mol. The van der Waals surface area contributed by atoms with Crippen LogP contribution in [0.4, 0.5) is 0 Å². The fraction of sp³-hybridized carbons (Fsp3) is 0.229. The Morgan fingerprint density at radius 1 is 0.393 bits per heavy atom. The van der Waals surface area contributed by atoms with E-state index in [4.69, 9.17) is 32.6 Å². The Hall–Kier alpha value is -7.51. The van der Waals surface area contributed by atoms with Crippen molar-refractivity contribution < 1.29 is 61.4 Å². The van der Waals surface area contributed by atoms with E-state index in [9.17, 15) is 28.8 Å². The maximum atomic E-state index is 13.6. The van der Waals surface area contributed by atoms with Crippen LogP contribution in [0, 0.1) is 0 Å². The van der Waals surface area contributed by atoms with E-state index in [-0.39, 0.29) is 0 Å². The largest absolute Gasteiger partial charge is 0.387 e. The van der Waals surface area contributed by atoms with Crippen LogP contribution in [-0.2, 0) is 59.5 Å². The van der Waals surface area contributed by atoms with Crippen molar-refractivity contribution in [1.29, 1.82) is 0 Å². The van der Waals surface area contributed by atoms with Gasteiger partial charge in [0.15, 0.2) is 6.29 Å². The summed E-state index contributed by atoms with van der Waals surface area (Å²) in [4.78, 5) is 0. The lowest BCUT2D eigenvalue weighted by molar-refractivity contribution is -0.389. The van der Waals surface area contributed by atoms with Crippen molar-refractivity contribution in [3.8, 4) is 0 Å². The normalized spacial score (nSPS) is 23.0. The summed E-state index contributed by atoms with van der Waals surface area (Å²) in [7, 11) is -4.43. The minimum atomic E-state index is -4.43. The maximum absolute atomic E-state index is 13.6. The lowest BCUT2D eigenvalue weighted by Crippen LogP contribution is -2.63. The van der Waals surface area contributed by atoms with E-state index in [1.807, 2.05) is 273 Å². The van der Waals surface area contributed by atoms with Crippen LogP contribution in [0.3, 0.4) is 0 Å². The minimum absolute atomic E-state index is 0.396. The Morgan fingerprint density at radius 2 is 0.667 bits per heavy atom. The molecule has 2 saturated heterocycles. The SMILES string of the molecule is CS(=O)(=O)O[C@@H]1[C@@H](COC(c2ccccc2)(c2ccccc2)c2ccccc2)O[C@@](COC(c2ccccc2)(c2ccccc2)c2ccccc2)(O[C@H]2O[C@H](COC(c3ccccc3)(c3ccccc3)c3ccccc3)[C@@H](O)[C@H](O)[C@H]2O)[C@H]1O.